The third-order valence-corrected chi connectivity index (χ3v) is 4.91. The molecule has 20 heavy (non-hydrogen) atoms. The Morgan fingerprint density at radius 2 is 2.25 bits per heavy atom. The van der Waals surface area contributed by atoms with Gasteiger partial charge in [0.2, 0.25) is 0 Å². The van der Waals surface area contributed by atoms with Crippen LogP contribution in [0, 0.1) is 0 Å². The van der Waals surface area contributed by atoms with E-state index in [0.29, 0.717) is 15.8 Å². The maximum Gasteiger partial charge on any atom is 0.271 e. The van der Waals surface area contributed by atoms with Crippen molar-refractivity contribution < 1.29 is 9.53 Å². The molecule has 4 nitrogen and oxygen atoms in total. The number of anilines is 1. The highest BCUT2D eigenvalue weighted by Gasteiger charge is 2.17. The second kappa shape index (κ2) is 6.85. The van der Waals surface area contributed by atoms with E-state index in [1.807, 2.05) is 5.38 Å². The third-order valence-electron chi connectivity index (χ3n) is 2.86. The molecule has 2 rings (SSSR count). The zero-order chi connectivity index (χ0) is 14.5. The SMILES string of the molecule is CCCc1nc(NC(=O)c2sccc2OC)sc1CC. The van der Waals surface area contributed by atoms with Gasteiger partial charge in [0.25, 0.3) is 5.91 Å². The number of ether oxygens (including phenoxy) is 1. The van der Waals surface area contributed by atoms with Crippen LogP contribution in [0.25, 0.3) is 0 Å². The van der Waals surface area contributed by atoms with Gasteiger partial charge in [-0.3, -0.25) is 10.1 Å². The van der Waals surface area contributed by atoms with E-state index in [0.717, 1.165) is 25.0 Å². The Balaban J connectivity index is 2.15. The van der Waals surface area contributed by atoms with E-state index in [1.165, 1.54) is 16.2 Å². The molecule has 0 aromatic carbocycles. The maximum absolute atomic E-state index is 12.2. The van der Waals surface area contributed by atoms with Crippen LogP contribution in [0.4, 0.5) is 5.13 Å². The lowest BCUT2D eigenvalue weighted by atomic mass is 10.2. The Morgan fingerprint density at radius 1 is 1.45 bits per heavy atom. The molecule has 0 atom stereocenters. The van der Waals surface area contributed by atoms with Crippen molar-refractivity contribution in [3.05, 3.63) is 26.9 Å². The van der Waals surface area contributed by atoms with Crippen molar-refractivity contribution in [2.24, 2.45) is 0 Å². The molecule has 0 saturated carbocycles. The lowest BCUT2D eigenvalue weighted by molar-refractivity contribution is 0.102. The number of methoxy groups -OCH3 is 1. The van der Waals surface area contributed by atoms with Gasteiger partial charge in [-0.2, -0.15) is 0 Å². The molecule has 0 unspecified atom stereocenters. The minimum atomic E-state index is -0.156. The van der Waals surface area contributed by atoms with Gasteiger partial charge in [-0.15, -0.1) is 22.7 Å². The molecule has 6 heteroatoms. The predicted molar refractivity (Wildman–Crippen MR) is 84.3 cm³/mol. The summed E-state index contributed by atoms with van der Waals surface area (Å²) in [5, 5.41) is 5.39. The van der Waals surface area contributed by atoms with E-state index < -0.39 is 0 Å². The van der Waals surface area contributed by atoms with E-state index in [2.05, 4.69) is 24.1 Å². The van der Waals surface area contributed by atoms with Crippen LogP contribution in [0.15, 0.2) is 11.4 Å². The largest absolute Gasteiger partial charge is 0.495 e. The zero-order valence-corrected chi connectivity index (χ0v) is 13.5. The highest BCUT2D eigenvalue weighted by atomic mass is 32.1. The first-order chi connectivity index (χ1) is 9.69. The standard InChI is InChI=1S/C14H18N2O2S2/c1-4-6-9-11(5-2)20-14(15-9)16-13(17)12-10(18-3)7-8-19-12/h7-8H,4-6H2,1-3H3,(H,15,16,17). The van der Waals surface area contributed by atoms with E-state index in [4.69, 9.17) is 4.74 Å². The fourth-order valence-electron chi connectivity index (χ4n) is 1.92. The predicted octanol–water partition coefficient (Wildman–Crippen LogP) is 3.98. The third kappa shape index (κ3) is 3.19. The summed E-state index contributed by atoms with van der Waals surface area (Å²) in [4.78, 5) is 18.6. The van der Waals surface area contributed by atoms with Gasteiger partial charge in [-0.1, -0.05) is 20.3 Å². The van der Waals surface area contributed by atoms with Crippen LogP contribution in [-0.4, -0.2) is 18.0 Å². The highest BCUT2D eigenvalue weighted by molar-refractivity contribution is 7.16. The number of thiazole rings is 1. The Labute approximate surface area is 126 Å². The Morgan fingerprint density at radius 3 is 2.90 bits per heavy atom. The van der Waals surface area contributed by atoms with E-state index in [1.54, 1.807) is 24.5 Å². The molecule has 2 heterocycles. The molecule has 108 valence electrons. The fraction of sp³-hybridized carbons (Fsp3) is 0.429. The second-order valence-corrected chi connectivity index (χ2v) is 6.26. The highest BCUT2D eigenvalue weighted by Crippen LogP contribution is 2.28. The van der Waals surface area contributed by atoms with Gasteiger partial charge in [0.05, 0.1) is 12.8 Å². The monoisotopic (exact) mass is 310 g/mol. The summed E-state index contributed by atoms with van der Waals surface area (Å²) < 4.78 is 5.17. The van der Waals surface area contributed by atoms with Crippen molar-refractivity contribution in [1.29, 1.82) is 0 Å². The molecule has 1 amide bonds. The summed E-state index contributed by atoms with van der Waals surface area (Å²) in [5.74, 6) is 0.449. The van der Waals surface area contributed by atoms with Crippen molar-refractivity contribution in [3.63, 3.8) is 0 Å². The summed E-state index contributed by atoms with van der Waals surface area (Å²) in [6, 6.07) is 1.79. The van der Waals surface area contributed by atoms with Crippen LogP contribution in [0.2, 0.25) is 0 Å². The van der Waals surface area contributed by atoms with Crippen molar-refractivity contribution in [2.75, 3.05) is 12.4 Å². The number of thiophene rings is 1. The molecule has 0 aliphatic heterocycles. The molecule has 0 spiro atoms. The molecule has 0 fully saturated rings. The first kappa shape index (κ1) is 15.0. The lowest BCUT2D eigenvalue weighted by Crippen LogP contribution is -2.11. The number of aryl methyl sites for hydroxylation is 2. The van der Waals surface area contributed by atoms with Gasteiger partial charge in [0, 0.05) is 4.88 Å². The number of carbonyl (C=O) groups excluding carboxylic acids is 1. The van der Waals surface area contributed by atoms with E-state index in [9.17, 15) is 4.79 Å². The molecular weight excluding hydrogens is 292 g/mol. The quantitative estimate of drug-likeness (QED) is 0.878. The second-order valence-electron chi connectivity index (χ2n) is 4.26. The van der Waals surface area contributed by atoms with Crippen LogP contribution in [-0.2, 0) is 12.8 Å². The van der Waals surface area contributed by atoms with Crippen LogP contribution in [0.1, 0.15) is 40.5 Å². The van der Waals surface area contributed by atoms with Crippen molar-refractivity contribution in [3.8, 4) is 5.75 Å². The van der Waals surface area contributed by atoms with Gasteiger partial charge in [0.15, 0.2) is 5.13 Å². The molecule has 2 aromatic heterocycles. The topological polar surface area (TPSA) is 51.2 Å². The van der Waals surface area contributed by atoms with Gasteiger partial charge >= 0.3 is 0 Å². The molecule has 0 radical (unpaired) electrons. The summed E-state index contributed by atoms with van der Waals surface area (Å²) in [6.45, 7) is 4.24. The molecular formula is C14H18N2O2S2. The lowest BCUT2D eigenvalue weighted by Gasteiger charge is -2.02. The average Bonchev–Trinajstić information content (AvgIpc) is 3.05. The smallest absolute Gasteiger partial charge is 0.271 e. The average molecular weight is 310 g/mol. The molecule has 0 saturated heterocycles. The van der Waals surface area contributed by atoms with Crippen LogP contribution < -0.4 is 10.1 Å². The molecule has 0 bridgehead atoms. The van der Waals surface area contributed by atoms with Crippen LogP contribution >= 0.6 is 22.7 Å². The number of nitrogens with one attached hydrogen (secondary N) is 1. The molecule has 0 aliphatic carbocycles. The van der Waals surface area contributed by atoms with Crippen LogP contribution in [0.5, 0.6) is 5.75 Å². The number of hydrogen-bond acceptors (Lipinski definition) is 5. The molecule has 1 N–H and O–H groups in total. The molecule has 2 aromatic rings. The first-order valence-corrected chi connectivity index (χ1v) is 8.30. The van der Waals surface area contributed by atoms with E-state index in [-0.39, 0.29) is 5.91 Å². The van der Waals surface area contributed by atoms with E-state index >= 15 is 0 Å². The van der Waals surface area contributed by atoms with Crippen molar-refractivity contribution >= 4 is 33.7 Å². The van der Waals surface area contributed by atoms with Gasteiger partial charge in [-0.25, -0.2) is 4.98 Å². The number of amides is 1. The minimum Gasteiger partial charge on any atom is -0.495 e. The van der Waals surface area contributed by atoms with Crippen molar-refractivity contribution in [1.82, 2.24) is 4.98 Å². The summed E-state index contributed by atoms with van der Waals surface area (Å²) >= 11 is 2.93. The minimum absolute atomic E-state index is 0.156. The molecule has 0 aliphatic rings. The number of carbonyl (C=O) groups is 1. The number of hydrogen-bond donors (Lipinski definition) is 1. The first-order valence-electron chi connectivity index (χ1n) is 6.61. The summed E-state index contributed by atoms with van der Waals surface area (Å²) in [7, 11) is 1.57. The fourth-order valence-corrected chi connectivity index (χ4v) is 3.62. The Hall–Kier alpha value is -1.40. The van der Waals surface area contributed by atoms with Gasteiger partial charge in [-0.05, 0) is 24.3 Å². The zero-order valence-electron chi connectivity index (χ0n) is 11.9. The van der Waals surface area contributed by atoms with Crippen LogP contribution in [0.3, 0.4) is 0 Å². The summed E-state index contributed by atoms with van der Waals surface area (Å²) in [6.07, 6.45) is 2.96. The Kier molecular flexibility index (Phi) is 5.14. The number of rotatable bonds is 6. The Bertz CT molecular complexity index is 590. The van der Waals surface area contributed by atoms with Gasteiger partial charge in [0.1, 0.15) is 10.6 Å². The maximum atomic E-state index is 12.2. The number of nitrogens with zero attached hydrogens (tertiary/aromatic N) is 1. The number of aromatic nitrogens is 1. The van der Waals surface area contributed by atoms with Gasteiger partial charge < -0.3 is 4.74 Å². The normalized spacial score (nSPS) is 10.6. The van der Waals surface area contributed by atoms with Crippen molar-refractivity contribution in [2.45, 2.75) is 33.1 Å². The summed E-state index contributed by atoms with van der Waals surface area (Å²) in [5.41, 5.74) is 1.11.